The number of rotatable bonds is 3. The molecule has 118 valence electrons. The van der Waals surface area contributed by atoms with Crippen LogP contribution in [0.15, 0.2) is 42.5 Å². The van der Waals surface area contributed by atoms with Crippen molar-refractivity contribution in [3.8, 4) is 11.5 Å². The van der Waals surface area contributed by atoms with E-state index in [0.717, 1.165) is 4.90 Å². The summed E-state index contributed by atoms with van der Waals surface area (Å²) >= 11 is 5.76. The molecule has 3 rings (SSSR count). The number of phenolic OH excluding ortho intramolecular Hbond substituents is 2. The van der Waals surface area contributed by atoms with E-state index in [2.05, 4.69) is 5.32 Å². The van der Waals surface area contributed by atoms with E-state index >= 15 is 0 Å². The lowest BCUT2D eigenvalue weighted by Gasteiger charge is -2.16. The lowest BCUT2D eigenvalue weighted by molar-refractivity contribution is -0.121. The first-order chi connectivity index (χ1) is 11.0. The summed E-state index contributed by atoms with van der Waals surface area (Å²) in [6, 6.07) is 9.57. The molecule has 23 heavy (non-hydrogen) atoms. The van der Waals surface area contributed by atoms with Crippen LogP contribution < -0.4 is 10.2 Å². The van der Waals surface area contributed by atoms with Gasteiger partial charge < -0.3 is 15.5 Å². The molecule has 3 N–H and O–H groups in total. The molecule has 0 aromatic heterocycles. The third-order valence-electron chi connectivity index (χ3n) is 3.52. The number of aromatic hydroxyl groups is 2. The molecule has 1 atom stereocenters. The van der Waals surface area contributed by atoms with Crippen LogP contribution in [0.4, 0.5) is 11.4 Å². The topological polar surface area (TPSA) is 89.9 Å². The van der Waals surface area contributed by atoms with Gasteiger partial charge >= 0.3 is 0 Å². The van der Waals surface area contributed by atoms with Gasteiger partial charge in [0.25, 0.3) is 5.91 Å². The lowest BCUT2D eigenvalue weighted by atomic mass is 10.2. The van der Waals surface area contributed by atoms with Gasteiger partial charge in [0.1, 0.15) is 17.5 Å². The van der Waals surface area contributed by atoms with E-state index in [1.165, 1.54) is 24.3 Å². The fraction of sp³-hybridized carbons (Fsp3) is 0.125. The highest BCUT2D eigenvalue weighted by atomic mass is 35.5. The number of hydrogen-bond acceptors (Lipinski definition) is 5. The molecule has 1 heterocycles. The third kappa shape index (κ3) is 2.93. The van der Waals surface area contributed by atoms with Crippen molar-refractivity contribution < 1.29 is 19.8 Å². The molecule has 0 spiro atoms. The second-order valence-corrected chi connectivity index (χ2v) is 5.59. The van der Waals surface area contributed by atoms with E-state index in [4.69, 9.17) is 11.6 Å². The van der Waals surface area contributed by atoms with E-state index in [1.807, 2.05) is 0 Å². The molecule has 1 fully saturated rings. The Labute approximate surface area is 136 Å². The first-order valence-electron chi connectivity index (χ1n) is 6.86. The molecule has 7 heteroatoms. The number of carbonyl (C=O) groups is 2. The van der Waals surface area contributed by atoms with Crippen LogP contribution >= 0.6 is 11.6 Å². The van der Waals surface area contributed by atoms with Gasteiger partial charge in [-0.3, -0.25) is 9.59 Å². The van der Waals surface area contributed by atoms with Gasteiger partial charge in [-0.15, -0.1) is 0 Å². The van der Waals surface area contributed by atoms with E-state index in [1.54, 1.807) is 18.2 Å². The fourth-order valence-corrected chi connectivity index (χ4v) is 2.63. The van der Waals surface area contributed by atoms with Crippen molar-refractivity contribution in [2.75, 3.05) is 10.2 Å². The molecule has 0 saturated carbocycles. The number of carbonyl (C=O) groups excluding carboxylic acids is 2. The average molecular weight is 333 g/mol. The quantitative estimate of drug-likeness (QED) is 0.593. The summed E-state index contributed by atoms with van der Waals surface area (Å²) in [4.78, 5) is 25.6. The Hall–Kier alpha value is -2.73. The fourth-order valence-electron chi connectivity index (χ4n) is 2.46. The number of nitrogens with one attached hydrogen (secondary N) is 1. The molecule has 2 aromatic rings. The normalized spacial score (nSPS) is 17.6. The van der Waals surface area contributed by atoms with E-state index in [9.17, 15) is 19.8 Å². The average Bonchev–Trinajstić information content (AvgIpc) is 2.76. The number of hydrogen-bond donors (Lipinski definition) is 3. The number of benzene rings is 2. The smallest absolute Gasteiger partial charge is 0.256 e. The van der Waals surface area contributed by atoms with Gasteiger partial charge in [-0.1, -0.05) is 17.7 Å². The zero-order valence-corrected chi connectivity index (χ0v) is 12.6. The second kappa shape index (κ2) is 5.81. The van der Waals surface area contributed by atoms with Crippen LogP contribution in [-0.2, 0) is 9.59 Å². The van der Waals surface area contributed by atoms with Crippen LogP contribution in [0.1, 0.15) is 6.42 Å². The van der Waals surface area contributed by atoms with E-state index in [0.29, 0.717) is 16.4 Å². The highest BCUT2D eigenvalue weighted by molar-refractivity contribution is 6.30. The Kier molecular flexibility index (Phi) is 3.83. The van der Waals surface area contributed by atoms with Crippen molar-refractivity contribution in [1.29, 1.82) is 0 Å². The van der Waals surface area contributed by atoms with Gasteiger partial charge in [-0.05, 0) is 24.3 Å². The van der Waals surface area contributed by atoms with Gasteiger partial charge in [0.05, 0.1) is 17.8 Å². The minimum Gasteiger partial charge on any atom is -0.508 e. The van der Waals surface area contributed by atoms with Crippen LogP contribution in [0.25, 0.3) is 0 Å². The number of halogens is 1. The van der Waals surface area contributed by atoms with Crippen molar-refractivity contribution in [3.63, 3.8) is 0 Å². The lowest BCUT2D eigenvalue weighted by Crippen LogP contribution is -2.34. The molecule has 1 saturated heterocycles. The summed E-state index contributed by atoms with van der Waals surface area (Å²) in [7, 11) is 0. The minimum atomic E-state index is -0.795. The Bertz CT molecular complexity index is 793. The number of phenols is 2. The predicted octanol–water partition coefficient (Wildman–Crippen LogP) is 2.50. The van der Waals surface area contributed by atoms with Crippen molar-refractivity contribution in [3.05, 3.63) is 47.5 Å². The van der Waals surface area contributed by atoms with Crippen molar-refractivity contribution in [2.45, 2.75) is 12.5 Å². The molecular weight excluding hydrogens is 320 g/mol. The molecule has 2 aromatic carbocycles. The molecule has 0 radical (unpaired) electrons. The van der Waals surface area contributed by atoms with Crippen molar-refractivity contribution in [1.82, 2.24) is 0 Å². The van der Waals surface area contributed by atoms with Crippen LogP contribution in [-0.4, -0.2) is 28.1 Å². The molecule has 6 nitrogen and oxygen atoms in total. The first-order valence-corrected chi connectivity index (χ1v) is 7.24. The van der Waals surface area contributed by atoms with Gasteiger partial charge in [0, 0.05) is 17.2 Å². The summed E-state index contributed by atoms with van der Waals surface area (Å²) in [5.41, 5.74) is 0.628. The predicted molar refractivity (Wildman–Crippen MR) is 85.7 cm³/mol. The maximum atomic E-state index is 12.5. The number of nitrogens with zero attached hydrogens (tertiary/aromatic N) is 1. The largest absolute Gasteiger partial charge is 0.508 e. The van der Waals surface area contributed by atoms with Gasteiger partial charge in [-0.25, -0.2) is 4.90 Å². The van der Waals surface area contributed by atoms with Gasteiger partial charge in [-0.2, -0.15) is 0 Å². The molecule has 1 unspecified atom stereocenters. The zero-order valence-electron chi connectivity index (χ0n) is 11.9. The Balaban J connectivity index is 1.84. The number of imide groups is 1. The number of amides is 2. The van der Waals surface area contributed by atoms with Gasteiger partial charge in [0.15, 0.2) is 0 Å². The van der Waals surface area contributed by atoms with Crippen LogP contribution in [0.3, 0.4) is 0 Å². The van der Waals surface area contributed by atoms with Crippen molar-refractivity contribution in [2.24, 2.45) is 0 Å². The summed E-state index contributed by atoms with van der Waals surface area (Å²) in [5, 5.41) is 22.5. The van der Waals surface area contributed by atoms with Gasteiger partial charge in [0.2, 0.25) is 5.91 Å². The molecule has 0 aliphatic carbocycles. The molecule has 1 aliphatic rings. The van der Waals surface area contributed by atoms with E-state index < -0.39 is 11.9 Å². The van der Waals surface area contributed by atoms with Crippen LogP contribution in [0.5, 0.6) is 11.5 Å². The van der Waals surface area contributed by atoms with Crippen LogP contribution in [0.2, 0.25) is 5.02 Å². The summed E-state index contributed by atoms with van der Waals surface area (Å²) < 4.78 is 0. The highest BCUT2D eigenvalue weighted by Gasteiger charge is 2.39. The van der Waals surface area contributed by atoms with Crippen LogP contribution in [0, 0.1) is 0 Å². The second-order valence-electron chi connectivity index (χ2n) is 5.15. The highest BCUT2D eigenvalue weighted by Crippen LogP contribution is 2.31. The Morgan fingerprint density at radius 3 is 2.61 bits per heavy atom. The molecular formula is C16H13ClN2O4. The summed E-state index contributed by atoms with van der Waals surface area (Å²) in [6.07, 6.45) is -0.0451. The summed E-state index contributed by atoms with van der Waals surface area (Å²) in [6.45, 7) is 0. The Morgan fingerprint density at radius 1 is 1.13 bits per heavy atom. The Morgan fingerprint density at radius 2 is 1.91 bits per heavy atom. The molecule has 1 aliphatic heterocycles. The standard InChI is InChI=1S/C16H13ClN2O4/c17-9-4-5-12(14(21)6-9)18-13-8-15(22)19(16(13)23)10-2-1-3-11(20)7-10/h1-7,13,18,20-21H,8H2. The van der Waals surface area contributed by atoms with E-state index in [-0.39, 0.29) is 23.8 Å². The third-order valence-corrected chi connectivity index (χ3v) is 3.76. The number of anilines is 2. The zero-order chi connectivity index (χ0) is 16.6. The molecule has 0 bridgehead atoms. The van der Waals surface area contributed by atoms with Crippen molar-refractivity contribution >= 4 is 34.8 Å². The maximum absolute atomic E-state index is 12.5. The SMILES string of the molecule is O=C1CC(Nc2ccc(Cl)cc2O)C(=O)N1c1cccc(O)c1. The minimum absolute atomic E-state index is 0.0325. The monoisotopic (exact) mass is 332 g/mol. The maximum Gasteiger partial charge on any atom is 0.256 e. The molecule has 2 amide bonds. The summed E-state index contributed by atoms with van der Waals surface area (Å²) in [5.74, 6) is -0.968. The first kappa shape index (κ1) is 15.2.